The Hall–Kier alpha value is -6.62. The van der Waals surface area contributed by atoms with Crippen molar-refractivity contribution in [3.8, 4) is 0 Å². The van der Waals surface area contributed by atoms with Gasteiger partial charge in [-0.1, -0.05) is 42.5 Å². The van der Waals surface area contributed by atoms with E-state index in [-0.39, 0.29) is 87.6 Å². The molecule has 81 heavy (non-hydrogen) atoms. The average molecular weight is 1140 g/mol. The van der Waals surface area contributed by atoms with E-state index >= 15 is 0 Å². The third-order valence-electron chi connectivity index (χ3n) is 12.3. The van der Waals surface area contributed by atoms with Gasteiger partial charge < -0.3 is 40.2 Å². The molecule has 0 aromatic heterocycles. The zero-order chi connectivity index (χ0) is 60.3. The molecular weight excluding hydrogens is 1040 g/mol. The molecule has 22 heteroatoms. The van der Waals surface area contributed by atoms with Gasteiger partial charge in [-0.3, -0.25) is 62.8 Å². The number of unbranched alkanes of at least 4 members (excludes halogenated alkanes) is 1. The van der Waals surface area contributed by atoms with E-state index in [4.69, 9.17) is 18.9 Å². The maximum atomic E-state index is 13.8. The highest BCUT2D eigenvalue weighted by molar-refractivity contribution is 6.00. The molecule has 0 unspecified atom stereocenters. The summed E-state index contributed by atoms with van der Waals surface area (Å²) < 4.78 is 21.9. The number of rotatable bonds is 27. The second kappa shape index (κ2) is 34.0. The number of ether oxygens (including phenoxy) is 4. The SMILES string of the molecule is CC(=O)CN1CCN(CC(=O)NCc2cccc(C(=O)N[C@@H](CC(=O)OC(C)(C)C)C(=O)CCC(=O)N[C@@H](CCCCNC(=O)OCc3ccccc3)C(C)=O)c2)CCN(CC(=O)OC(C)(C)C)CCN(CC(=O)OC(C)(C)C)CC1. The summed E-state index contributed by atoms with van der Waals surface area (Å²) in [5.41, 5.74) is -0.741. The van der Waals surface area contributed by atoms with E-state index in [0.717, 1.165) is 5.56 Å². The van der Waals surface area contributed by atoms with Crippen LogP contribution in [0.2, 0.25) is 0 Å². The molecular formula is C59H90N8O14. The first-order valence-corrected chi connectivity index (χ1v) is 27.9. The number of hydrogen-bond acceptors (Lipinski definition) is 18. The molecule has 22 nitrogen and oxygen atoms in total. The summed E-state index contributed by atoms with van der Waals surface area (Å²) in [5, 5.41) is 10.9. The second-order valence-corrected chi connectivity index (χ2v) is 23.5. The summed E-state index contributed by atoms with van der Waals surface area (Å²) in [4.78, 5) is 138. The van der Waals surface area contributed by atoms with Crippen LogP contribution in [0.25, 0.3) is 0 Å². The fourth-order valence-corrected chi connectivity index (χ4v) is 8.45. The molecule has 2 aromatic carbocycles. The molecule has 0 radical (unpaired) electrons. The third-order valence-corrected chi connectivity index (χ3v) is 12.3. The fourth-order valence-electron chi connectivity index (χ4n) is 8.45. The van der Waals surface area contributed by atoms with Gasteiger partial charge in [0.1, 0.15) is 29.2 Å². The lowest BCUT2D eigenvalue weighted by atomic mass is 10.0. The van der Waals surface area contributed by atoms with Crippen molar-refractivity contribution < 1.29 is 66.9 Å². The van der Waals surface area contributed by atoms with Crippen molar-refractivity contribution in [1.82, 2.24) is 40.9 Å². The smallest absolute Gasteiger partial charge is 0.407 e. The predicted molar refractivity (Wildman–Crippen MR) is 303 cm³/mol. The molecule has 1 saturated heterocycles. The Bertz CT molecular complexity index is 2420. The van der Waals surface area contributed by atoms with E-state index in [1.54, 1.807) is 80.5 Å². The molecule has 0 spiro atoms. The summed E-state index contributed by atoms with van der Waals surface area (Å²) in [6, 6.07) is 13.4. The number of esters is 3. The van der Waals surface area contributed by atoms with Crippen LogP contribution in [0.15, 0.2) is 54.6 Å². The van der Waals surface area contributed by atoms with E-state index in [2.05, 4.69) is 21.3 Å². The lowest BCUT2D eigenvalue weighted by Crippen LogP contribution is -2.50. The first-order chi connectivity index (χ1) is 37.9. The first-order valence-electron chi connectivity index (χ1n) is 27.9. The minimum absolute atomic E-state index is 0.0203. The van der Waals surface area contributed by atoms with Crippen molar-refractivity contribution in [3.05, 3.63) is 71.3 Å². The van der Waals surface area contributed by atoms with Crippen LogP contribution < -0.4 is 21.3 Å². The number of nitrogens with one attached hydrogen (secondary N) is 4. The van der Waals surface area contributed by atoms with Crippen LogP contribution in [-0.4, -0.2) is 193 Å². The van der Waals surface area contributed by atoms with Gasteiger partial charge in [-0.15, -0.1) is 0 Å². The molecule has 450 valence electrons. The summed E-state index contributed by atoms with van der Waals surface area (Å²) in [5.74, 6) is -4.09. The summed E-state index contributed by atoms with van der Waals surface area (Å²) in [6.45, 7) is 22.5. The largest absolute Gasteiger partial charge is 0.460 e. The predicted octanol–water partition coefficient (Wildman–Crippen LogP) is 4.15. The maximum absolute atomic E-state index is 13.8. The zero-order valence-electron chi connectivity index (χ0n) is 49.7. The van der Waals surface area contributed by atoms with Crippen molar-refractivity contribution in [2.45, 2.75) is 157 Å². The maximum Gasteiger partial charge on any atom is 0.407 e. The number of amides is 4. The molecule has 1 aliphatic heterocycles. The molecule has 4 amide bonds. The standard InChI is InChI=1S/C59H90N8O14/c1-42(68)37-64-26-28-65(29-31-67(40-54(75)81-59(9,10)11)33-32-66(30-27-64)39-53(74)80-58(6,7)8)38-51(72)61-36-45-20-17-21-46(34-45)55(76)63-48(35-52(73)79-57(3,4)5)49(70)23-24-50(71)62-47(43(2)69)22-15-16-25-60-56(77)78-41-44-18-13-12-14-19-44/h12-14,17-21,34,47-48H,15-16,22-33,35-41H2,1-11H3,(H,60,77)(H,61,72)(H,62,71)(H,63,76)/t47-,48-/m0/s1. The molecule has 3 rings (SSSR count). The third kappa shape index (κ3) is 31.3. The van der Waals surface area contributed by atoms with Crippen LogP contribution >= 0.6 is 0 Å². The van der Waals surface area contributed by atoms with Crippen LogP contribution in [0, 0.1) is 0 Å². The van der Waals surface area contributed by atoms with Crippen molar-refractivity contribution in [2.24, 2.45) is 0 Å². The van der Waals surface area contributed by atoms with E-state index in [9.17, 15) is 47.9 Å². The number of carbonyl (C=O) groups is 10. The number of alkyl carbamates (subject to hydrolysis) is 1. The van der Waals surface area contributed by atoms with Gasteiger partial charge in [0.15, 0.2) is 11.6 Å². The zero-order valence-corrected chi connectivity index (χ0v) is 49.7. The number of ketones is 3. The molecule has 2 atom stereocenters. The van der Waals surface area contributed by atoms with Gasteiger partial charge in [-0.2, -0.15) is 0 Å². The molecule has 1 heterocycles. The highest BCUT2D eigenvalue weighted by Crippen LogP contribution is 2.15. The Morgan fingerprint density at radius 1 is 0.531 bits per heavy atom. The van der Waals surface area contributed by atoms with Gasteiger partial charge >= 0.3 is 24.0 Å². The first kappa shape index (κ1) is 68.7. The van der Waals surface area contributed by atoms with Crippen molar-refractivity contribution in [2.75, 3.05) is 85.1 Å². The normalized spacial score (nSPS) is 15.3. The Kier molecular flexibility index (Phi) is 28.8. The lowest BCUT2D eigenvalue weighted by molar-refractivity contribution is -0.158. The van der Waals surface area contributed by atoms with Crippen molar-refractivity contribution in [1.29, 1.82) is 0 Å². The summed E-state index contributed by atoms with van der Waals surface area (Å²) in [7, 11) is 0. The summed E-state index contributed by atoms with van der Waals surface area (Å²) >= 11 is 0. The minimum Gasteiger partial charge on any atom is -0.460 e. The monoisotopic (exact) mass is 1130 g/mol. The van der Waals surface area contributed by atoms with Gasteiger partial charge in [0.05, 0.1) is 44.7 Å². The van der Waals surface area contributed by atoms with Gasteiger partial charge in [-0.25, -0.2) is 4.79 Å². The fraction of sp³-hybridized carbons (Fsp3) is 0.627. The van der Waals surface area contributed by atoms with Crippen LogP contribution in [-0.2, 0) is 70.5 Å². The highest BCUT2D eigenvalue weighted by atomic mass is 16.6. The number of benzene rings is 2. The average Bonchev–Trinajstić information content (AvgIpc) is 3.37. The van der Waals surface area contributed by atoms with Gasteiger partial charge in [0.25, 0.3) is 5.91 Å². The Morgan fingerprint density at radius 3 is 1.56 bits per heavy atom. The van der Waals surface area contributed by atoms with Gasteiger partial charge in [0.2, 0.25) is 11.8 Å². The quantitative estimate of drug-likeness (QED) is 0.0556. The summed E-state index contributed by atoms with van der Waals surface area (Å²) in [6.07, 6.45) is -0.509. The topological polar surface area (TPSA) is 269 Å². The van der Waals surface area contributed by atoms with E-state index in [0.29, 0.717) is 77.3 Å². The number of hydrogen-bond donors (Lipinski definition) is 4. The van der Waals surface area contributed by atoms with Crippen molar-refractivity contribution in [3.63, 3.8) is 0 Å². The minimum atomic E-state index is -1.37. The lowest BCUT2D eigenvalue weighted by Gasteiger charge is -2.34. The number of Topliss-reactive ketones (excluding diaryl/α,β-unsaturated/α-hetero) is 3. The van der Waals surface area contributed by atoms with E-state index in [1.807, 2.05) is 49.9 Å². The van der Waals surface area contributed by atoms with E-state index in [1.165, 1.54) is 19.9 Å². The molecule has 0 saturated carbocycles. The van der Waals surface area contributed by atoms with Gasteiger partial charge in [0, 0.05) is 83.9 Å². The number of nitrogens with zero attached hydrogens (tertiary/aromatic N) is 4. The molecule has 4 N–H and O–H groups in total. The molecule has 0 aliphatic carbocycles. The Balaban J connectivity index is 1.65. The molecule has 2 aromatic rings. The Labute approximate surface area is 478 Å². The van der Waals surface area contributed by atoms with E-state index < -0.39 is 70.9 Å². The molecule has 1 fully saturated rings. The molecule has 0 bridgehead atoms. The highest BCUT2D eigenvalue weighted by Gasteiger charge is 2.29. The second-order valence-electron chi connectivity index (χ2n) is 23.5. The van der Waals surface area contributed by atoms with Gasteiger partial charge in [-0.05, 0) is 119 Å². The number of carbonyl (C=O) groups excluding carboxylic acids is 10. The molecule has 1 aliphatic rings. The van der Waals surface area contributed by atoms with Crippen LogP contribution in [0.3, 0.4) is 0 Å². The van der Waals surface area contributed by atoms with Crippen LogP contribution in [0.4, 0.5) is 4.79 Å². The Morgan fingerprint density at radius 2 is 1.04 bits per heavy atom. The van der Waals surface area contributed by atoms with Crippen LogP contribution in [0.5, 0.6) is 0 Å². The van der Waals surface area contributed by atoms with Crippen molar-refractivity contribution >= 4 is 59.1 Å². The van der Waals surface area contributed by atoms with Crippen LogP contribution in [0.1, 0.15) is 136 Å².